The predicted octanol–water partition coefficient (Wildman–Crippen LogP) is 0.846. The van der Waals surface area contributed by atoms with Crippen LogP contribution in [0.2, 0.25) is 0 Å². The van der Waals surface area contributed by atoms with Gasteiger partial charge in [-0.15, -0.1) is 0 Å². The summed E-state index contributed by atoms with van der Waals surface area (Å²) in [7, 11) is 1.66. The smallest absolute Gasteiger partial charge is 0.140 e. The topological polar surface area (TPSA) is 70.4 Å². The maximum Gasteiger partial charge on any atom is 0.140 e. The van der Waals surface area contributed by atoms with Crippen molar-refractivity contribution in [2.45, 2.75) is 39.4 Å². The molecule has 0 saturated heterocycles. The van der Waals surface area contributed by atoms with Crippen LogP contribution in [0.4, 0.5) is 0 Å². The fourth-order valence-electron chi connectivity index (χ4n) is 1.57. The normalized spacial score (nSPS) is 12.0. The highest BCUT2D eigenvalue weighted by Gasteiger charge is 2.11. The van der Waals surface area contributed by atoms with Gasteiger partial charge in [0, 0.05) is 12.6 Å². The molecule has 0 saturated carbocycles. The number of nitrogens with one attached hydrogen (secondary N) is 1. The van der Waals surface area contributed by atoms with E-state index in [1.54, 1.807) is 13.4 Å². The van der Waals surface area contributed by atoms with Gasteiger partial charge in [-0.25, -0.2) is 9.67 Å². The first-order valence-electron chi connectivity index (χ1n) is 7.29. The van der Waals surface area contributed by atoms with Gasteiger partial charge in [0.2, 0.25) is 0 Å². The standard InChI is InChI=1S/C14H28N4O3/c1-14(2,3)16-11-13-15-12-17-18(13)5-6-20-9-10-21-8-7-19-4/h12,16H,5-11H2,1-4H3. The molecule has 0 aliphatic heterocycles. The Bertz CT molecular complexity index is 377. The average molecular weight is 300 g/mol. The summed E-state index contributed by atoms with van der Waals surface area (Å²) in [6.45, 7) is 10.7. The number of ether oxygens (including phenoxy) is 3. The summed E-state index contributed by atoms with van der Waals surface area (Å²) in [5, 5.41) is 7.61. The maximum atomic E-state index is 5.51. The van der Waals surface area contributed by atoms with Crippen LogP contribution < -0.4 is 5.32 Å². The lowest BCUT2D eigenvalue weighted by molar-refractivity contribution is 0.0223. The van der Waals surface area contributed by atoms with Crippen LogP contribution in [-0.4, -0.2) is 60.4 Å². The lowest BCUT2D eigenvalue weighted by atomic mass is 10.1. The Hall–Kier alpha value is -1.02. The van der Waals surface area contributed by atoms with Crippen molar-refractivity contribution in [3.05, 3.63) is 12.2 Å². The Morgan fingerprint density at radius 3 is 2.43 bits per heavy atom. The monoisotopic (exact) mass is 300 g/mol. The summed E-state index contributed by atoms with van der Waals surface area (Å²) in [6.07, 6.45) is 1.58. The molecule has 1 rings (SSSR count). The molecule has 1 N–H and O–H groups in total. The van der Waals surface area contributed by atoms with E-state index in [-0.39, 0.29) is 5.54 Å². The molecule has 0 atom stereocenters. The highest BCUT2D eigenvalue weighted by molar-refractivity contribution is 4.86. The van der Waals surface area contributed by atoms with E-state index in [1.807, 2.05) is 4.68 Å². The van der Waals surface area contributed by atoms with Crippen LogP contribution >= 0.6 is 0 Å². The van der Waals surface area contributed by atoms with E-state index in [4.69, 9.17) is 14.2 Å². The molecule has 0 fully saturated rings. The van der Waals surface area contributed by atoms with Crippen LogP contribution in [0.3, 0.4) is 0 Å². The number of hydrogen-bond acceptors (Lipinski definition) is 6. The molecule has 0 spiro atoms. The molecule has 1 aromatic heterocycles. The van der Waals surface area contributed by atoms with E-state index in [0.717, 1.165) is 5.82 Å². The van der Waals surface area contributed by atoms with Gasteiger partial charge in [0.15, 0.2) is 0 Å². The molecule has 0 aliphatic rings. The van der Waals surface area contributed by atoms with E-state index in [0.29, 0.717) is 46.1 Å². The molecule has 1 heterocycles. The summed E-state index contributed by atoms with van der Waals surface area (Å²) < 4.78 is 17.6. The van der Waals surface area contributed by atoms with Crippen molar-refractivity contribution in [2.75, 3.05) is 40.1 Å². The first-order chi connectivity index (χ1) is 10.0. The maximum absolute atomic E-state index is 5.51. The van der Waals surface area contributed by atoms with Gasteiger partial charge in [-0.2, -0.15) is 5.10 Å². The van der Waals surface area contributed by atoms with Crippen LogP contribution in [0.5, 0.6) is 0 Å². The predicted molar refractivity (Wildman–Crippen MR) is 80.1 cm³/mol. The van der Waals surface area contributed by atoms with Crippen molar-refractivity contribution < 1.29 is 14.2 Å². The summed E-state index contributed by atoms with van der Waals surface area (Å²) in [5.74, 6) is 0.921. The first kappa shape index (κ1) is 18.0. The molecule has 7 heteroatoms. The minimum absolute atomic E-state index is 0.0623. The summed E-state index contributed by atoms with van der Waals surface area (Å²) in [5.41, 5.74) is 0.0623. The number of rotatable bonds is 11. The third-order valence-corrected chi connectivity index (χ3v) is 2.72. The van der Waals surface area contributed by atoms with Gasteiger partial charge < -0.3 is 19.5 Å². The Balaban J connectivity index is 2.14. The Morgan fingerprint density at radius 2 is 1.76 bits per heavy atom. The molecule has 0 bridgehead atoms. The van der Waals surface area contributed by atoms with Crippen molar-refractivity contribution in [3.8, 4) is 0 Å². The van der Waals surface area contributed by atoms with Crippen molar-refractivity contribution in [1.29, 1.82) is 0 Å². The van der Waals surface area contributed by atoms with Gasteiger partial charge in [0.25, 0.3) is 0 Å². The molecule has 7 nitrogen and oxygen atoms in total. The molecule has 0 amide bonds. The Labute approximate surface area is 127 Å². The van der Waals surface area contributed by atoms with Crippen LogP contribution in [-0.2, 0) is 27.3 Å². The van der Waals surface area contributed by atoms with Crippen molar-refractivity contribution in [2.24, 2.45) is 0 Å². The zero-order chi connectivity index (χ0) is 15.6. The molecular formula is C14H28N4O3. The molecular weight excluding hydrogens is 272 g/mol. The molecule has 1 aromatic rings. The minimum Gasteiger partial charge on any atom is -0.382 e. The van der Waals surface area contributed by atoms with Gasteiger partial charge in [-0.05, 0) is 20.8 Å². The second kappa shape index (κ2) is 9.83. The van der Waals surface area contributed by atoms with Gasteiger partial charge in [-0.1, -0.05) is 0 Å². The zero-order valence-corrected chi connectivity index (χ0v) is 13.6. The number of methoxy groups -OCH3 is 1. The minimum atomic E-state index is 0.0623. The number of aromatic nitrogens is 3. The van der Waals surface area contributed by atoms with E-state index in [2.05, 4.69) is 36.2 Å². The quantitative estimate of drug-likeness (QED) is 0.611. The summed E-state index contributed by atoms with van der Waals surface area (Å²) in [4.78, 5) is 4.26. The van der Waals surface area contributed by atoms with Gasteiger partial charge >= 0.3 is 0 Å². The number of nitrogens with zero attached hydrogens (tertiary/aromatic N) is 3. The highest BCUT2D eigenvalue weighted by Crippen LogP contribution is 2.02. The van der Waals surface area contributed by atoms with Gasteiger partial charge in [0.05, 0.1) is 46.1 Å². The first-order valence-corrected chi connectivity index (χ1v) is 7.29. The molecule has 122 valence electrons. The fourth-order valence-corrected chi connectivity index (χ4v) is 1.57. The molecule has 21 heavy (non-hydrogen) atoms. The highest BCUT2D eigenvalue weighted by atomic mass is 16.5. The Morgan fingerprint density at radius 1 is 1.10 bits per heavy atom. The zero-order valence-electron chi connectivity index (χ0n) is 13.6. The van der Waals surface area contributed by atoms with Gasteiger partial charge in [0.1, 0.15) is 12.2 Å². The van der Waals surface area contributed by atoms with E-state index >= 15 is 0 Å². The van der Waals surface area contributed by atoms with Crippen LogP contribution in [0.15, 0.2) is 6.33 Å². The van der Waals surface area contributed by atoms with Crippen LogP contribution in [0.25, 0.3) is 0 Å². The van der Waals surface area contributed by atoms with Crippen LogP contribution in [0.1, 0.15) is 26.6 Å². The SMILES string of the molecule is COCCOCCOCCn1ncnc1CNC(C)(C)C. The molecule has 0 unspecified atom stereocenters. The molecule has 0 aliphatic carbocycles. The second-order valence-electron chi connectivity index (χ2n) is 5.72. The van der Waals surface area contributed by atoms with E-state index in [1.165, 1.54) is 0 Å². The lowest BCUT2D eigenvalue weighted by Gasteiger charge is -2.20. The summed E-state index contributed by atoms with van der Waals surface area (Å²) >= 11 is 0. The van der Waals surface area contributed by atoms with E-state index in [9.17, 15) is 0 Å². The third-order valence-electron chi connectivity index (χ3n) is 2.72. The fraction of sp³-hybridized carbons (Fsp3) is 0.857. The average Bonchev–Trinajstić information content (AvgIpc) is 2.86. The van der Waals surface area contributed by atoms with Crippen molar-refractivity contribution in [3.63, 3.8) is 0 Å². The van der Waals surface area contributed by atoms with E-state index < -0.39 is 0 Å². The molecule has 0 aromatic carbocycles. The van der Waals surface area contributed by atoms with Gasteiger partial charge in [-0.3, -0.25) is 0 Å². The van der Waals surface area contributed by atoms with Crippen molar-refractivity contribution in [1.82, 2.24) is 20.1 Å². The lowest BCUT2D eigenvalue weighted by Crippen LogP contribution is -2.36. The largest absolute Gasteiger partial charge is 0.382 e. The third kappa shape index (κ3) is 8.77. The van der Waals surface area contributed by atoms with Crippen molar-refractivity contribution >= 4 is 0 Å². The number of hydrogen-bond donors (Lipinski definition) is 1. The second-order valence-corrected chi connectivity index (χ2v) is 5.72. The molecule has 0 radical (unpaired) electrons. The summed E-state index contributed by atoms with van der Waals surface area (Å²) in [6, 6.07) is 0. The Kier molecular flexibility index (Phi) is 8.44. The van der Waals surface area contributed by atoms with Crippen LogP contribution in [0, 0.1) is 0 Å².